The van der Waals surface area contributed by atoms with Crippen molar-refractivity contribution in [2.75, 3.05) is 39.3 Å². The largest absolute Gasteiger partial charge is 0.459 e. The summed E-state index contributed by atoms with van der Waals surface area (Å²) in [6.45, 7) is 11.2. The Morgan fingerprint density at radius 2 is 2.00 bits per heavy atom. The Balaban J connectivity index is 1.89. The number of furan rings is 1. The molecule has 1 N–H and O–H groups in total. The molecule has 1 amide bonds. The fraction of sp³-hybridized carbons (Fsp3) is 0.647. The van der Waals surface area contributed by atoms with Crippen molar-refractivity contribution in [1.29, 1.82) is 0 Å². The van der Waals surface area contributed by atoms with E-state index in [1.54, 1.807) is 12.1 Å². The Bertz CT molecular complexity index is 503. The van der Waals surface area contributed by atoms with Gasteiger partial charge >= 0.3 is 0 Å². The number of rotatable bonds is 5. The molecule has 6 heteroatoms. The van der Waals surface area contributed by atoms with E-state index in [9.17, 15) is 4.79 Å². The summed E-state index contributed by atoms with van der Waals surface area (Å²) in [6.07, 6.45) is 2.62. The third-order valence-electron chi connectivity index (χ3n) is 3.90. The molecule has 0 spiro atoms. The third-order valence-corrected chi connectivity index (χ3v) is 3.90. The number of nitrogens with one attached hydrogen (secondary N) is 1. The quantitative estimate of drug-likeness (QED) is 0.666. The van der Waals surface area contributed by atoms with Crippen molar-refractivity contribution in [3.8, 4) is 0 Å². The Kier molecular flexibility index (Phi) is 6.50. The smallest absolute Gasteiger partial charge is 0.289 e. The molecule has 0 aromatic carbocycles. The molecule has 0 aliphatic carbocycles. The SMILES string of the molecule is CCNC(=NCCC(C)C)N1CCN(C(=O)c2ccco2)CC1. The van der Waals surface area contributed by atoms with Gasteiger partial charge in [-0.2, -0.15) is 0 Å². The normalized spacial score (nSPS) is 16.1. The summed E-state index contributed by atoms with van der Waals surface area (Å²) < 4.78 is 5.20. The first-order valence-electron chi connectivity index (χ1n) is 8.47. The standard InChI is InChI=1S/C17H28N4O2/c1-4-18-17(19-8-7-14(2)3)21-11-9-20(10-12-21)16(22)15-6-5-13-23-15/h5-6,13-14H,4,7-12H2,1-3H3,(H,18,19). The van der Waals surface area contributed by atoms with Crippen LogP contribution in [0.4, 0.5) is 0 Å². The van der Waals surface area contributed by atoms with E-state index in [2.05, 4.69) is 31.0 Å². The van der Waals surface area contributed by atoms with Crippen LogP contribution in [0, 0.1) is 5.92 Å². The van der Waals surface area contributed by atoms with Crippen LogP contribution in [-0.2, 0) is 0 Å². The van der Waals surface area contributed by atoms with Gasteiger partial charge in [0, 0.05) is 39.3 Å². The summed E-state index contributed by atoms with van der Waals surface area (Å²) in [7, 11) is 0. The Morgan fingerprint density at radius 3 is 2.57 bits per heavy atom. The van der Waals surface area contributed by atoms with Gasteiger partial charge in [0.1, 0.15) is 0 Å². The van der Waals surface area contributed by atoms with Crippen LogP contribution in [0.1, 0.15) is 37.7 Å². The fourth-order valence-corrected chi connectivity index (χ4v) is 2.53. The fourth-order valence-electron chi connectivity index (χ4n) is 2.53. The second-order valence-corrected chi connectivity index (χ2v) is 6.17. The molecule has 1 aromatic heterocycles. The molecular formula is C17H28N4O2. The zero-order valence-electron chi connectivity index (χ0n) is 14.4. The van der Waals surface area contributed by atoms with Crippen molar-refractivity contribution in [2.24, 2.45) is 10.9 Å². The molecule has 0 atom stereocenters. The maximum atomic E-state index is 12.3. The molecule has 1 aromatic rings. The number of hydrogen-bond donors (Lipinski definition) is 1. The van der Waals surface area contributed by atoms with E-state index in [4.69, 9.17) is 9.41 Å². The van der Waals surface area contributed by atoms with E-state index in [1.165, 1.54) is 6.26 Å². The molecule has 1 saturated heterocycles. The second-order valence-electron chi connectivity index (χ2n) is 6.17. The lowest BCUT2D eigenvalue weighted by Crippen LogP contribution is -2.53. The summed E-state index contributed by atoms with van der Waals surface area (Å²) in [4.78, 5) is 21.1. The molecule has 0 unspecified atom stereocenters. The van der Waals surface area contributed by atoms with E-state index in [0.717, 1.165) is 38.6 Å². The predicted molar refractivity (Wildman–Crippen MR) is 91.6 cm³/mol. The van der Waals surface area contributed by atoms with Crippen molar-refractivity contribution in [2.45, 2.75) is 27.2 Å². The van der Waals surface area contributed by atoms with Gasteiger partial charge in [0.15, 0.2) is 11.7 Å². The zero-order valence-corrected chi connectivity index (χ0v) is 14.4. The highest BCUT2D eigenvalue weighted by atomic mass is 16.3. The van der Waals surface area contributed by atoms with Crippen LogP contribution in [0.25, 0.3) is 0 Å². The molecular weight excluding hydrogens is 292 g/mol. The number of carbonyl (C=O) groups excluding carboxylic acids is 1. The number of nitrogens with zero attached hydrogens (tertiary/aromatic N) is 3. The van der Waals surface area contributed by atoms with Crippen molar-refractivity contribution >= 4 is 11.9 Å². The number of carbonyl (C=O) groups is 1. The Hall–Kier alpha value is -1.98. The maximum absolute atomic E-state index is 12.3. The molecule has 2 rings (SSSR count). The molecule has 23 heavy (non-hydrogen) atoms. The summed E-state index contributed by atoms with van der Waals surface area (Å²) >= 11 is 0. The number of piperazine rings is 1. The molecule has 0 radical (unpaired) electrons. The first-order valence-corrected chi connectivity index (χ1v) is 8.47. The molecule has 1 aliphatic rings. The lowest BCUT2D eigenvalue weighted by molar-refractivity contribution is 0.0657. The third kappa shape index (κ3) is 5.01. The van der Waals surface area contributed by atoms with Crippen LogP contribution >= 0.6 is 0 Å². The lowest BCUT2D eigenvalue weighted by Gasteiger charge is -2.36. The summed E-state index contributed by atoms with van der Waals surface area (Å²) in [5.74, 6) is 2.00. The average Bonchev–Trinajstić information content (AvgIpc) is 3.08. The van der Waals surface area contributed by atoms with Gasteiger partial charge < -0.3 is 19.5 Å². The van der Waals surface area contributed by atoms with E-state index in [1.807, 2.05) is 4.90 Å². The van der Waals surface area contributed by atoms with Crippen LogP contribution in [0.2, 0.25) is 0 Å². The minimum Gasteiger partial charge on any atom is -0.459 e. The van der Waals surface area contributed by atoms with E-state index < -0.39 is 0 Å². The minimum atomic E-state index is -0.0311. The van der Waals surface area contributed by atoms with E-state index in [-0.39, 0.29) is 5.91 Å². The van der Waals surface area contributed by atoms with Crippen LogP contribution in [0.15, 0.2) is 27.8 Å². The lowest BCUT2D eigenvalue weighted by atomic mass is 10.1. The Labute approximate surface area is 138 Å². The number of hydrogen-bond acceptors (Lipinski definition) is 3. The summed E-state index contributed by atoms with van der Waals surface area (Å²) in [5, 5.41) is 3.35. The van der Waals surface area contributed by atoms with E-state index >= 15 is 0 Å². The number of amides is 1. The maximum Gasteiger partial charge on any atom is 0.289 e. The van der Waals surface area contributed by atoms with Crippen LogP contribution in [0.3, 0.4) is 0 Å². The van der Waals surface area contributed by atoms with E-state index in [0.29, 0.717) is 24.8 Å². The molecule has 1 fully saturated rings. The molecule has 0 bridgehead atoms. The summed E-state index contributed by atoms with van der Waals surface area (Å²) in [6, 6.07) is 3.46. The van der Waals surface area contributed by atoms with Gasteiger partial charge in [0.25, 0.3) is 5.91 Å². The molecule has 128 valence electrons. The zero-order chi connectivity index (χ0) is 16.7. The van der Waals surface area contributed by atoms with Gasteiger partial charge in [-0.3, -0.25) is 9.79 Å². The van der Waals surface area contributed by atoms with Crippen LogP contribution in [-0.4, -0.2) is 60.9 Å². The Morgan fingerprint density at radius 1 is 1.30 bits per heavy atom. The van der Waals surface area contributed by atoms with Gasteiger partial charge in [-0.1, -0.05) is 13.8 Å². The number of guanidine groups is 1. The van der Waals surface area contributed by atoms with Crippen LogP contribution < -0.4 is 5.32 Å². The first-order chi connectivity index (χ1) is 11.1. The summed E-state index contributed by atoms with van der Waals surface area (Å²) in [5.41, 5.74) is 0. The second kappa shape index (κ2) is 8.60. The monoisotopic (exact) mass is 320 g/mol. The van der Waals surface area contributed by atoms with Crippen molar-refractivity contribution in [1.82, 2.24) is 15.1 Å². The van der Waals surface area contributed by atoms with Gasteiger partial charge in [0.2, 0.25) is 0 Å². The van der Waals surface area contributed by atoms with Crippen LogP contribution in [0.5, 0.6) is 0 Å². The average molecular weight is 320 g/mol. The van der Waals surface area contributed by atoms with Gasteiger partial charge in [-0.05, 0) is 31.4 Å². The molecule has 1 aliphatic heterocycles. The van der Waals surface area contributed by atoms with Gasteiger partial charge in [0.05, 0.1) is 6.26 Å². The first kappa shape index (κ1) is 17.4. The van der Waals surface area contributed by atoms with Gasteiger partial charge in [-0.25, -0.2) is 0 Å². The molecule has 2 heterocycles. The highest BCUT2D eigenvalue weighted by Crippen LogP contribution is 2.10. The molecule has 0 saturated carbocycles. The highest BCUT2D eigenvalue weighted by molar-refractivity contribution is 5.91. The highest BCUT2D eigenvalue weighted by Gasteiger charge is 2.25. The van der Waals surface area contributed by atoms with Gasteiger partial charge in [-0.15, -0.1) is 0 Å². The number of aliphatic imine (C=N–C) groups is 1. The van der Waals surface area contributed by atoms with Crippen molar-refractivity contribution in [3.63, 3.8) is 0 Å². The predicted octanol–water partition coefficient (Wildman–Crippen LogP) is 2.05. The molecule has 6 nitrogen and oxygen atoms in total. The topological polar surface area (TPSA) is 61.1 Å². The van der Waals surface area contributed by atoms with Crippen molar-refractivity contribution in [3.05, 3.63) is 24.2 Å². The van der Waals surface area contributed by atoms with Crippen molar-refractivity contribution < 1.29 is 9.21 Å². The minimum absolute atomic E-state index is 0.0311.